The number of halogens is 1. The van der Waals surface area contributed by atoms with Gasteiger partial charge in [-0.2, -0.15) is 0 Å². The van der Waals surface area contributed by atoms with Crippen LogP contribution < -0.4 is 18.9 Å². The van der Waals surface area contributed by atoms with Crippen LogP contribution in [0.2, 0.25) is 5.02 Å². The number of fused-ring (bicyclic) bond motifs is 1. The fraction of sp³-hybridized carbons (Fsp3) is 0.278. The van der Waals surface area contributed by atoms with Crippen molar-refractivity contribution < 1.29 is 23.8 Å². The first-order valence-electron chi connectivity index (χ1n) is 7.66. The maximum Gasteiger partial charge on any atom is 0.179 e. The summed E-state index contributed by atoms with van der Waals surface area (Å²) in [4.78, 5) is 5.36. The summed E-state index contributed by atoms with van der Waals surface area (Å²) >= 11 is 6.20. The van der Waals surface area contributed by atoms with Gasteiger partial charge in [0.2, 0.25) is 0 Å². The molecule has 0 fully saturated rings. The van der Waals surface area contributed by atoms with Crippen molar-refractivity contribution >= 4 is 17.8 Å². The highest BCUT2D eigenvalue weighted by Gasteiger charge is 2.16. The third-order valence-corrected chi connectivity index (χ3v) is 3.87. The van der Waals surface area contributed by atoms with Crippen molar-refractivity contribution in [3.05, 3.63) is 46.5 Å². The van der Waals surface area contributed by atoms with Crippen LogP contribution in [0.25, 0.3) is 0 Å². The van der Waals surface area contributed by atoms with E-state index in [1.165, 1.54) is 0 Å². The van der Waals surface area contributed by atoms with Gasteiger partial charge in [-0.15, -0.1) is 0 Å². The quantitative estimate of drug-likeness (QED) is 0.579. The van der Waals surface area contributed by atoms with Gasteiger partial charge in [0.25, 0.3) is 0 Å². The predicted molar refractivity (Wildman–Crippen MR) is 94.4 cm³/mol. The van der Waals surface area contributed by atoms with Crippen LogP contribution in [0.1, 0.15) is 11.1 Å². The summed E-state index contributed by atoms with van der Waals surface area (Å²) < 4.78 is 21.5. The van der Waals surface area contributed by atoms with Crippen molar-refractivity contribution in [1.82, 2.24) is 0 Å². The second-order valence-corrected chi connectivity index (χ2v) is 5.62. The first-order valence-corrected chi connectivity index (χ1v) is 8.04. The Morgan fingerprint density at radius 1 is 1.12 bits per heavy atom. The lowest BCUT2D eigenvalue weighted by Crippen LogP contribution is -2.15. The summed E-state index contributed by atoms with van der Waals surface area (Å²) in [6, 6.07) is 9.04. The van der Waals surface area contributed by atoms with Crippen LogP contribution in [0.15, 0.2) is 35.5 Å². The lowest BCUT2D eigenvalue weighted by molar-refractivity contribution is 0.130. The Bertz CT molecular complexity index is 778. The second kappa shape index (κ2) is 7.98. The van der Waals surface area contributed by atoms with E-state index in [1.54, 1.807) is 32.6 Å². The predicted octanol–water partition coefficient (Wildman–Crippen LogP) is 3.68. The molecule has 0 unspecified atom stereocenters. The standard InChI is InChI=1S/C18H18ClNO5/c1-21-14-3-4-16(22-2)13(9-14)10-20-25-11-12-7-15(19)18-17(8-12)23-5-6-24-18/h3-4,7-10H,5-6,11H2,1-2H3/b20-10+. The van der Waals surface area contributed by atoms with Crippen LogP contribution in [-0.2, 0) is 11.4 Å². The zero-order valence-electron chi connectivity index (χ0n) is 14.0. The molecule has 25 heavy (non-hydrogen) atoms. The number of methoxy groups -OCH3 is 2. The van der Waals surface area contributed by atoms with Crippen molar-refractivity contribution in [3.63, 3.8) is 0 Å². The third kappa shape index (κ3) is 4.09. The number of hydrogen-bond acceptors (Lipinski definition) is 6. The Kier molecular flexibility index (Phi) is 5.50. The summed E-state index contributed by atoms with van der Waals surface area (Å²) in [6.07, 6.45) is 1.57. The minimum absolute atomic E-state index is 0.249. The van der Waals surface area contributed by atoms with Crippen LogP contribution in [-0.4, -0.2) is 33.6 Å². The highest BCUT2D eigenvalue weighted by Crippen LogP contribution is 2.38. The normalized spacial score (nSPS) is 12.9. The Morgan fingerprint density at radius 2 is 1.96 bits per heavy atom. The molecule has 1 heterocycles. The van der Waals surface area contributed by atoms with E-state index < -0.39 is 0 Å². The van der Waals surface area contributed by atoms with Crippen molar-refractivity contribution in [1.29, 1.82) is 0 Å². The maximum absolute atomic E-state index is 6.20. The van der Waals surface area contributed by atoms with Crippen LogP contribution in [0.3, 0.4) is 0 Å². The topological polar surface area (TPSA) is 58.5 Å². The fourth-order valence-corrected chi connectivity index (χ4v) is 2.68. The molecule has 0 bridgehead atoms. The summed E-state index contributed by atoms with van der Waals surface area (Å²) in [5, 5.41) is 4.48. The molecule has 6 nitrogen and oxygen atoms in total. The van der Waals surface area contributed by atoms with Gasteiger partial charge in [0.05, 0.1) is 25.5 Å². The number of benzene rings is 2. The number of nitrogens with zero attached hydrogens (tertiary/aromatic N) is 1. The van der Waals surface area contributed by atoms with Crippen molar-refractivity contribution in [2.75, 3.05) is 27.4 Å². The monoisotopic (exact) mass is 363 g/mol. The molecule has 1 aliphatic rings. The number of ether oxygens (including phenoxy) is 4. The molecule has 0 radical (unpaired) electrons. The van der Waals surface area contributed by atoms with Gasteiger partial charge in [0, 0.05) is 5.56 Å². The Balaban J connectivity index is 1.67. The average Bonchev–Trinajstić information content (AvgIpc) is 2.65. The molecular formula is C18H18ClNO5. The lowest BCUT2D eigenvalue weighted by atomic mass is 10.2. The molecule has 0 saturated carbocycles. The Hall–Kier alpha value is -2.60. The smallest absolute Gasteiger partial charge is 0.179 e. The highest BCUT2D eigenvalue weighted by molar-refractivity contribution is 6.32. The molecule has 7 heteroatoms. The van der Waals surface area contributed by atoms with Gasteiger partial charge in [-0.1, -0.05) is 16.8 Å². The summed E-state index contributed by atoms with van der Waals surface area (Å²) in [5.41, 5.74) is 1.59. The highest BCUT2D eigenvalue weighted by atomic mass is 35.5. The van der Waals surface area contributed by atoms with E-state index in [9.17, 15) is 0 Å². The van der Waals surface area contributed by atoms with Gasteiger partial charge < -0.3 is 23.8 Å². The molecule has 0 amide bonds. The van der Waals surface area contributed by atoms with Gasteiger partial charge in [-0.05, 0) is 35.9 Å². The number of hydrogen-bond donors (Lipinski definition) is 0. The lowest BCUT2D eigenvalue weighted by Gasteiger charge is -2.20. The fourth-order valence-electron chi connectivity index (χ4n) is 2.39. The molecule has 0 saturated heterocycles. The number of oxime groups is 1. The molecule has 2 aromatic rings. The van der Waals surface area contributed by atoms with E-state index >= 15 is 0 Å². The van der Waals surface area contributed by atoms with Crippen molar-refractivity contribution in [3.8, 4) is 23.0 Å². The molecule has 2 aromatic carbocycles. The van der Waals surface area contributed by atoms with Crippen LogP contribution >= 0.6 is 11.6 Å². The molecule has 132 valence electrons. The molecule has 0 spiro atoms. The summed E-state index contributed by atoms with van der Waals surface area (Å²) in [5.74, 6) is 2.58. The van der Waals surface area contributed by atoms with E-state index in [0.29, 0.717) is 41.2 Å². The van der Waals surface area contributed by atoms with Gasteiger partial charge >= 0.3 is 0 Å². The molecule has 0 atom stereocenters. The summed E-state index contributed by atoms with van der Waals surface area (Å²) in [7, 11) is 3.20. The SMILES string of the molecule is COc1ccc(OC)c(/C=N/OCc2cc(Cl)c3c(c2)OCCO3)c1. The van der Waals surface area contributed by atoms with Crippen LogP contribution in [0, 0.1) is 0 Å². The average molecular weight is 364 g/mol. The summed E-state index contributed by atoms with van der Waals surface area (Å²) in [6.45, 7) is 1.25. The van der Waals surface area contributed by atoms with Crippen molar-refractivity contribution in [2.45, 2.75) is 6.61 Å². The Labute approximate surface area is 150 Å². The third-order valence-electron chi connectivity index (χ3n) is 3.59. The van der Waals surface area contributed by atoms with Gasteiger partial charge in [-0.3, -0.25) is 0 Å². The minimum atomic E-state index is 0.249. The first-order chi connectivity index (χ1) is 12.2. The largest absolute Gasteiger partial charge is 0.497 e. The maximum atomic E-state index is 6.20. The number of rotatable bonds is 6. The van der Waals surface area contributed by atoms with E-state index in [0.717, 1.165) is 11.1 Å². The zero-order valence-corrected chi connectivity index (χ0v) is 14.7. The molecule has 0 N–H and O–H groups in total. The Morgan fingerprint density at radius 3 is 2.76 bits per heavy atom. The van der Waals surface area contributed by atoms with Gasteiger partial charge in [0.15, 0.2) is 11.5 Å². The molecular weight excluding hydrogens is 346 g/mol. The van der Waals surface area contributed by atoms with Crippen LogP contribution in [0.4, 0.5) is 0 Å². The minimum Gasteiger partial charge on any atom is -0.497 e. The molecule has 1 aliphatic heterocycles. The van der Waals surface area contributed by atoms with E-state index in [2.05, 4.69) is 5.16 Å². The van der Waals surface area contributed by atoms with E-state index in [1.807, 2.05) is 18.2 Å². The van der Waals surface area contributed by atoms with Gasteiger partial charge in [0.1, 0.15) is 31.3 Å². The van der Waals surface area contributed by atoms with Gasteiger partial charge in [-0.25, -0.2) is 0 Å². The first kappa shape index (κ1) is 17.2. The zero-order chi connectivity index (χ0) is 17.6. The second-order valence-electron chi connectivity index (χ2n) is 5.22. The molecule has 0 aromatic heterocycles. The van der Waals surface area contributed by atoms with Crippen molar-refractivity contribution in [2.24, 2.45) is 5.16 Å². The van der Waals surface area contributed by atoms with Crippen LogP contribution in [0.5, 0.6) is 23.0 Å². The molecule has 3 rings (SSSR count). The van der Waals surface area contributed by atoms with E-state index in [4.69, 9.17) is 35.4 Å². The van der Waals surface area contributed by atoms with E-state index in [-0.39, 0.29) is 6.61 Å². The molecule has 0 aliphatic carbocycles.